The molecule has 1 N–H and O–H groups in total. The van der Waals surface area contributed by atoms with E-state index in [0.29, 0.717) is 15.3 Å². The van der Waals surface area contributed by atoms with Crippen LogP contribution in [0, 0.1) is 6.92 Å². The Kier molecular flexibility index (Phi) is 0.378. The van der Waals surface area contributed by atoms with Crippen molar-refractivity contribution in [3.63, 3.8) is 0 Å². The summed E-state index contributed by atoms with van der Waals surface area (Å²) in [7, 11) is 0. The van der Waals surface area contributed by atoms with Crippen LogP contribution in [0.5, 0.6) is 5.75 Å². The first-order valence-corrected chi connectivity index (χ1v) is 15.6. The van der Waals surface area contributed by atoms with Gasteiger partial charge in [-0.15, -0.1) is 0 Å². The summed E-state index contributed by atoms with van der Waals surface area (Å²) >= 11 is 0. The zero-order valence-electron chi connectivity index (χ0n) is 13.0. The van der Waals surface area contributed by atoms with Gasteiger partial charge in [0.15, 0.2) is 0 Å². The Morgan fingerprint density at radius 2 is 1.62 bits per heavy atom. The SMILES string of the molecule is Cc1cc2oc([C]34[CH]5[CH]6[CH]7[CH]3[Fe]6754389%10[CH]4[CH]3[CH]8[CH]9[CH]4%10)cc(=O)c2cc1O. The van der Waals surface area contributed by atoms with Crippen LogP contribution in [-0.2, 0) is 10.8 Å². The number of hydrogen-bond donors (Lipinski definition) is 1. The number of hydrogen-bond acceptors (Lipinski definition) is 3. The minimum absolute atomic E-state index is 0.0671. The normalized spacial score (nSPS) is 88.0. The van der Waals surface area contributed by atoms with E-state index < -0.39 is 6.51 Å². The molecule has 0 bridgehead atoms. The average molecular weight is 360 g/mol. The third-order valence-corrected chi connectivity index (χ3v) is 59.4. The molecule has 4 atom stereocenters. The predicted molar refractivity (Wildman–Crippen MR) is 84.3 cm³/mol. The number of aryl methyl sites for hydroxylation is 1. The number of phenols is 1. The van der Waals surface area contributed by atoms with Crippen LogP contribution in [0.4, 0.5) is 0 Å². The van der Waals surface area contributed by atoms with Crippen molar-refractivity contribution >= 4 is 11.0 Å². The van der Waals surface area contributed by atoms with Crippen molar-refractivity contribution in [3.8, 4) is 5.75 Å². The molecule has 122 valence electrons. The quantitative estimate of drug-likeness (QED) is 0.756. The maximum atomic E-state index is 12.8. The molecule has 2 aromatic rings. The van der Waals surface area contributed by atoms with E-state index in [0.717, 1.165) is 21.0 Å². The van der Waals surface area contributed by atoms with E-state index in [2.05, 4.69) is 0 Å². The van der Waals surface area contributed by atoms with Crippen LogP contribution < -0.4 is 5.43 Å². The maximum absolute atomic E-state index is 12.8. The molecule has 12 rings (SSSR count). The molecule has 0 aliphatic carbocycles. The van der Waals surface area contributed by atoms with E-state index in [1.165, 1.54) is 33.7 Å². The first kappa shape index (κ1) is 9.45. The summed E-state index contributed by atoms with van der Waals surface area (Å²) in [5, 5.41) is 10.5. The van der Waals surface area contributed by atoms with E-state index in [1.54, 1.807) is 6.07 Å². The molecule has 11 heterocycles. The van der Waals surface area contributed by atoms with Gasteiger partial charge in [-0.3, -0.25) is 0 Å². The fourth-order valence-corrected chi connectivity index (χ4v) is 92.2. The van der Waals surface area contributed by atoms with Gasteiger partial charge in [-0.05, 0) is 0 Å². The van der Waals surface area contributed by atoms with Crippen molar-refractivity contribution in [2.24, 2.45) is 0 Å². The second-order valence-corrected chi connectivity index (χ2v) is 36.3. The molecule has 10 aliphatic rings. The Morgan fingerprint density at radius 3 is 2.12 bits per heavy atom. The third kappa shape index (κ3) is 0.134. The minimum atomic E-state index is -3.28. The van der Waals surface area contributed by atoms with Gasteiger partial charge in [0.05, 0.1) is 0 Å². The molecular formula is C20H16FeO3. The van der Waals surface area contributed by atoms with Crippen LogP contribution >= 0.6 is 0 Å². The Morgan fingerprint density at radius 1 is 1.00 bits per heavy atom. The van der Waals surface area contributed by atoms with Crippen LogP contribution in [0.1, 0.15) is 11.3 Å². The number of phenolic OH excluding ortho intramolecular Hbond substituents is 1. The zero-order valence-corrected chi connectivity index (χ0v) is 14.1. The van der Waals surface area contributed by atoms with Gasteiger partial charge in [-0.25, -0.2) is 0 Å². The molecule has 24 heavy (non-hydrogen) atoms. The first-order chi connectivity index (χ1) is 11.3. The summed E-state index contributed by atoms with van der Waals surface area (Å²) in [5.74, 6) is 1.33. The van der Waals surface area contributed by atoms with Crippen molar-refractivity contribution < 1.29 is 16.0 Å². The zero-order chi connectivity index (χ0) is 15.3. The summed E-state index contributed by atoms with van der Waals surface area (Å²) < 4.78 is 7.01. The van der Waals surface area contributed by atoms with E-state index in [-0.39, 0.29) is 11.2 Å². The van der Waals surface area contributed by atoms with Gasteiger partial charge in [0.2, 0.25) is 0 Å². The molecule has 10 aliphatic heterocycles. The van der Waals surface area contributed by atoms with Crippen LogP contribution in [0.2, 0.25) is 43.3 Å². The molecular weight excluding hydrogens is 344 g/mol. The summed E-state index contributed by atoms with van der Waals surface area (Å²) in [4.78, 5) is 23.7. The van der Waals surface area contributed by atoms with E-state index in [9.17, 15) is 9.90 Å². The number of aromatic hydroxyl groups is 1. The second-order valence-electron chi connectivity index (χ2n) is 12.8. The molecule has 1 aromatic carbocycles. The van der Waals surface area contributed by atoms with Crippen molar-refractivity contribution in [3.05, 3.63) is 39.7 Å². The molecule has 3 nitrogen and oxygen atoms in total. The van der Waals surface area contributed by atoms with Crippen LogP contribution in [0.15, 0.2) is 27.4 Å². The molecule has 4 unspecified atom stereocenters. The monoisotopic (exact) mass is 360 g/mol. The standard InChI is InChI=1S/C15H11O3.C5H5.Fe/c1-9-6-15-11(7-12(9)16)13(17)8-14(18-15)10-4-2-3-5-10;1-2-4-5-3-1;/h2-8,16H,1H3;1-5H;. The Hall–Kier alpha value is -1.25. The van der Waals surface area contributed by atoms with E-state index >= 15 is 0 Å². The van der Waals surface area contributed by atoms with Gasteiger partial charge >= 0.3 is 127 Å². The van der Waals surface area contributed by atoms with E-state index in [1.807, 2.05) is 19.1 Å². The van der Waals surface area contributed by atoms with Crippen LogP contribution in [0.3, 0.4) is 0 Å². The van der Waals surface area contributed by atoms with Gasteiger partial charge < -0.3 is 0 Å². The van der Waals surface area contributed by atoms with Gasteiger partial charge in [0.25, 0.3) is 0 Å². The number of fused-ring (bicyclic) bond motifs is 11. The first-order valence-electron chi connectivity index (χ1n) is 9.33. The van der Waals surface area contributed by atoms with Crippen molar-refractivity contribution in [1.29, 1.82) is 0 Å². The molecule has 1 spiro atoms. The second kappa shape index (κ2) is 0.960. The van der Waals surface area contributed by atoms with E-state index in [4.69, 9.17) is 4.42 Å². The number of benzene rings is 1. The molecule has 10 saturated heterocycles. The van der Waals surface area contributed by atoms with Crippen molar-refractivity contribution in [1.82, 2.24) is 0 Å². The molecule has 10 fully saturated rings. The summed E-state index contributed by atoms with van der Waals surface area (Å²) in [5.41, 5.74) is 1.58. The Bertz CT molecular complexity index is 1560. The molecule has 0 radical (unpaired) electrons. The summed E-state index contributed by atoms with van der Waals surface area (Å²) in [6, 6.07) is 5.34. The fraction of sp³-hybridized carbons (Fsp3) is 0.550. The van der Waals surface area contributed by atoms with Gasteiger partial charge in [-0.1, -0.05) is 0 Å². The van der Waals surface area contributed by atoms with Gasteiger partial charge in [0.1, 0.15) is 0 Å². The Balaban J connectivity index is 1.33. The van der Waals surface area contributed by atoms with Crippen LogP contribution in [-0.4, -0.2) is 5.11 Å². The van der Waals surface area contributed by atoms with Gasteiger partial charge in [-0.2, -0.15) is 0 Å². The fourth-order valence-electron chi connectivity index (χ4n) is 18.3. The molecule has 0 saturated carbocycles. The molecule has 4 heteroatoms. The predicted octanol–water partition coefficient (Wildman–Crippen LogP) is 4.60. The van der Waals surface area contributed by atoms with Crippen molar-refractivity contribution in [2.45, 2.75) is 54.6 Å². The summed E-state index contributed by atoms with van der Waals surface area (Å²) in [6.45, 7) is -1.40. The molecule has 0 amide bonds. The third-order valence-electron chi connectivity index (χ3n) is 17.1. The molecule has 1 aromatic heterocycles. The van der Waals surface area contributed by atoms with Crippen molar-refractivity contribution in [2.75, 3.05) is 0 Å². The van der Waals surface area contributed by atoms with Gasteiger partial charge in [0, 0.05) is 0 Å². The van der Waals surface area contributed by atoms with Crippen LogP contribution in [0.25, 0.3) is 11.0 Å². The Labute approximate surface area is 127 Å². The number of rotatable bonds is 1. The average Bonchev–Trinajstić information content (AvgIpc) is 3.49. The topological polar surface area (TPSA) is 50.4 Å². The summed E-state index contributed by atoms with van der Waals surface area (Å²) in [6.07, 6.45) is 0.